The molecule has 4 heteroatoms. The number of hydrogen-bond acceptors (Lipinski definition) is 4. The Hall–Kier alpha value is -0.160. The molecular weight excluding hydrogens is 214 g/mol. The van der Waals surface area contributed by atoms with Gasteiger partial charge in [-0.05, 0) is 52.5 Å². The van der Waals surface area contributed by atoms with Crippen molar-refractivity contribution < 1.29 is 4.74 Å². The molecule has 102 valence electrons. The smallest absolute Gasteiger partial charge is 0.0589 e. The Labute approximate surface area is 106 Å². The van der Waals surface area contributed by atoms with Crippen LogP contribution in [0.25, 0.3) is 0 Å². The molecule has 0 aromatic carbocycles. The van der Waals surface area contributed by atoms with Gasteiger partial charge >= 0.3 is 0 Å². The van der Waals surface area contributed by atoms with Gasteiger partial charge in [-0.2, -0.15) is 0 Å². The zero-order chi connectivity index (χ0) is 12.5. The quantitative estimate of drug-likeness (QED) is 0.628. The summed E-state index contributed by atoms with van der Waals surface area (Å²) in [4.78, 5) is 4.74. The Kier molecular flexibility index (Phi) is 7.77. The van der Waals surface area contributed by atoms with E-state index in [4.69, 9.17) is 4.74 Å². The van der Waals surface area contributed by atoms with Crippen molar-refractivity contribution in [1.29, 1.82) is 0 Å². The topological polar surface area (TPSA) is 27.7 Å². The van der Waals surface area contributed by atoms with Crippen molar-refractivity contribution in [3.8, 4) is 0 Å². The summed E-state index contributed by atoms with van der Waals surface area (Å²) in [6, 6.07) is 0. The first kappa shape index (κ1) is 14.9. The standard InChI is InChI=1S/C13H29N3O/c1-15-7-4-13(5-8-15)12-14-6-9-16(2)10-11-17-3/h13-14H,4-12H2,1-3H3. The van der Waals surface area contributed by atoms with E-state index in [0.29, 0.717) is 0 Å². The number of rotatable bonds is 8. The maximum Gasteiger partial charge on any atom is 0.0589 e. The normalized spacial score (nSPS) is 19.1. The second-order valence-electron chi connectivity index (χ2n) is 5.25. The van der Waals surface area contributed by atoms with Crippen LogP contribution in [0.15, 0.2) is 0 Å². The molecule has 0 bridgehead atoms. The van der Waals surface area contributed by atoms with Gasteiger partial charge in [0.05, 0.1) is 6.61 Å². The zero-order valence-electron chi connectivity index (χ0n) is 11.7. The Bertz CT molecular complexity index is 182. The molecule has 0 radical (unpaired) electrons. The minimum atomic E-state index is 0.825. The largest absolute Gasteiger partial charge is 0.383 e. The maximum atomic E-state index is 5.06. The van der Waals surface area contributed by atoms with E-state index in [1.54, 1.807) is 7.11 Å². The molecule has 4 nitrogen and oxygen atoms in total. The second-order valence-corrected chi connectivity index (χ2v) is 5.25. The van der Waals surface area contributed by atoms with E-state index >= 15 is 0 Å². The van der Waals surface area contributed by atoms with Gasteiger partial charge in [-0.3, -0.25) is 0 Å². The predicted octanol–water partition coefficient (Wildman–Crippen LogP) is 0.496. The van der Waals surface area contributed by atoms with Gasteiger partial charge in [0, 0.05) is 26.7 Å². The summed E-state index contributed by atoms with van der Waals surface area (Å²) >= 11 is 0. The van der Waals surface area contributed by atoms with Crippen molar-refractivity contribution in [2.24, 2.45) is 5.92 Å². The summed E-state index contributed by atoms with van der Waals surface area (Å²) in [7, 11) is 6.12. The predicted molar refractivity (Wildman–Crippen MR) is 72.5 cm³/mol. The van der Waals surface area contributed by atoms with Crippen LogP contribution in [0.4, 0.5) is 0 Å². The number of nitrogens with zero attached hydrogens (tertiary/aromatic N) is 2. The van der Waals surface area contributed by atoms with Crippen LogP contribution in [-0.2, 0) is 4.74 Å². The third kappa shape index (κ3) is 6.99. The van der Waals surface area contributed by atoms with Crippen LogP contribution in [0.2, 0.25) is 0 Å². The number of methoxy groups -OCH3 is 1. The first-order chi connectivity index (χ1) is 8.22. The molecule has 0 atom stereocenters. The van der Waals surface area contributed by atoms with Crippen molar-refractivity contribution in [3.63, 3.8) is 0 Å². The second kappa shape index (κ2) is 8.86. The van der Waals surface area contributed by atoms with Gasteiger partial charge < -0.3 is 19.9 Å². The average Bonchev–Trinajstić information content (AvgIpc) is 2.34. The van der Waals surface area contributed by atoms with Crippen molar-refractivity contribution >= 4 is 0 Å². The number of hydrogen-bond donors (Lipinski definition) is 1. The SMILES string of the molecule is COCCN(C)CCNCC1CCN(C)CC1. The fraction of sp³-hybridized carbons (Fsp3) is 1.00. The molecule has 0 aliphatic carbocycles. The highest BCUT2D eigenvalue weighted by atomic mass is 16.5. The molecule has 1 saturated heterocycles. The van der Waals surface area contributed by atoms with E-state index in [9.17, 15) is 0 Å². The van der Waals surface area contributed by atoms with Crippen LogP contribution in [0.3, 0.4) is 0 Å². The Morgan fingerprint density at radius 3 is 2.65 bits per heavy atom. The van der Waals surface area contributed by atoms with Gasteiger partial charge in [-0.15, -0.1) is 0 Å². The van der Waals surface area contributed by atoms with E-state index in [0.717, 1.165) is 32.2 Å². The highest BCUT2D eigenvalue weighted by molar-refractivity contribution is 4.71. The molecule has 1 rings (SSSR count). The van der Waals surface area contributed by atoms with Gasteiger partial charge in [-0.25, -0.2) is 0 Å². The van der Waals surface area contributed by atoms with Crippen LogP contribution >= 0.6 is 0 Å². The summed E-state index contributed by atoms with van der Waals surface area (Å²) < 4.78 is 5.06. The van der Waals surface area contributed by atoms with Gasteiger partial charge in [-0.1, -0.05) is 0 Å². The van der Waals surface area contributed by atoms with Crippen LogP contribution in [-0.4, -0.2) is 76.9 Å². The summed E-state index contributed by atoms with van der Waals surface area (Å²) in [6.07, 6.45) is 2.70. The summed E-state index contributed by atoms with van der Waals surface area (Å²) in [5.74, 6) is 0.885. The lowest BCUT2D eigenvalue weighted by molar-refractivity contribution is 0.160. The number of piperidine rings is 1. The number of likely N-dealkylation sites (N-methyl/N-ethyl adjacent to an activating group) is 1. The van der Waals surface area contributed by atoms with Gasteiger partial charge in [0.1, 0.15) is 0 Å². The Balaban J connectivity index is 1.93. The Morgan fingerprint density at radius 1 is 1.29 bits per heavy atom. The highest BCUT2D eigenvalue weighted by Gasteiger charge is 2.15. The molecule has 0 aromatic rings. The number of likely N-dealkylation sites (tertiary alicyclic amines) is 1. The molecule has 0 aromatic heterocycles. The van der Waals surface area contributed by atoms with E-state index in [1.807, 2.05) is 0 Å². The molecule has 0 spiro atoms. The molecule has 1 fully saturated rings. The number of ether oxygens (including phenoxy) is 1. The molecule has 0 amide bonds. The molecule has 0 saturated carbocycles. The molecule has 0 unspecified atom stereocenters. The van der Waals surface area contributed by atoms with Crippen LogP contribution in [0, 0.1) is 5.92 Å². The summed E-state index contributed by atoms with van der Waals surface area (Å²) in [6.45, 7) is 7.76. The fourth-order valence-electron chi connectivity index (χ4n) is 2.20. The lowest BCUT2D eigenvalue weighted by Crippen LogP contribution is -2.37. The fourth-order valence-corrected chi connectivity index (χ4v) is 2.20. The minimum absolute atomic E-state index is 0.825. The minimum Gasteiger partial charge on any atom is -0.383 e. The molecule has 1 aliphatic heterocycles. The highest BCUT2D eigenvalue weighted by Crippen LogP contribution is 2.14. The molecule has 1 heterocycles. The molecule has 17 heavy (non-hydrogen) atoms. The average molecular weight is 243 g/mol. The lowest BCUT2D eigenvalue weighted by Gasteiger charge is -2.29. The maximum absolute atomic E-state index is 5.06. The van der Waals surface area contributed by atoms with E-state index < -0.39 is 0 Å². The zero-order valence-corrected chi connectivity index (χ0v) is 11.7. The monoisotopic (exact) mass is 243 g/mol. The Morgan fingerprint density at radius 2 is 2.00 bits per heavy atom. The third-order valence-corrected chi connectivity index (χ3v) is 3.62. The molecule has 1 N–H and O–H groups in total. The summed E-state index contributed by atoms with van der Waals surface area (Å²) in [5, 5.41) is 3.58. The van der Waals surface area contributed by atoms with E-state index in [1.165, 1.54) is 32.5 Å². The van der Waals surface area contributed by atoms with Crippen LogP contribution in [0.1, 0.15) is 12.8 Å². The van der Waals surface area contributed by atoms with Gasteiger partial charge in [0.25, 0.3) is 0 Å². The first-order valence-corrected chi connectivity index (χ1v) is 6.79. The van der Waals surface area contributed by atoms with Gasteiger partial charge in [0.15, 0.2) is 0 Å². The van der Waals surface area contributed by atoms with Crippen molar-refractivity contribution in [3.05, 3.63) is 0 Å². The molecular formula is C13H29N3O. The first-order valence-electron chi connectivity index (χ1n) is 6.79. The van der Waals surface area contributed by atoms with Crippen LogP contribution in [0.5, 0.6) is 0 Å². The lowest BCUT2D eigenvalue weighted by atomic mass is 9.97. The summed E-state index contributed by atoms with van der Waals surface area (Å²) in [5.41, 5.74) is 0. The van der Waals surface area contributed by atoms with Gasteiger partial charge in [0.2, 0.25) is 0 Å². The van der Waals surface area contributed by atoms with E-state index in [-0.39, 0.29) is 0 Å². The van der Waals surface area contributed by atoms with Crippen LogP contribution < -0.4 is 5.32 Å². The molecule has 1 aliphatic rings. The third-order valence-electron chi connectivity index (χ3n) is 3.62. The van der Waals surface area contributed by atoms with Crippen molar-refractivity contribution in [1.82, 2.24) is 15.1 Å². The van der Waals surface area contributed by atoms with E-state index in [2.05, 4.69) is 29.2 Å². The van der Waals surface area contributed by atoms with Crippen molar-refractivity contribution in [2.45, 2.75) is 12.8 Å². The van der Waals surface area contributed by atoms with Crippen molar-refractivity contribution in [2.75, 3.05) is 67.1 Å². The number of nitrogens with one attached hydrogen (secondary N) is 1.